The summed E-state index contributed by atoms with van der Waals surface area (Å²) in [4.78, 5) is 0.858. The molecular formula is C52H86O2S. The highest BCUT2D eigenvalue weighted by molar-refractivity contribution is 7.81. The molecular weight excluding hydrogens is 689 g/mol. The molecule has 2 aromatic rings. The highest BCUT2D eigenvalue weighted by Gasteiger charge is 2.08. The third kappa shape index (κ3) is 27.2. The van der Waals surface area contributed by atoms with E-state index in [4.69, 9.17) is 21.7 Å². The Balaban J connectivity index is 1.70. The average Bonchev–Trinajstić information content (AvgIpc) is 3.20. The third-order valence-electron chi connectivity index (χ3n) is 11.2. The fraction of sp³-hybridized carbons (Fsp3) is 0.712. The number of unbranched alkanes of at least 4 members (excludes halogenated alkanes) is 28. The molecule has 0 aromatic heterocycles. The molecule has 0 radical (unpaired) electrons. The van der Waals surface area contributed by atoms with E-state index in [0.717, 1.165) is 66.4 Å². The van der Waals surface area contributed by atoms with Crippen molar-refractivity contribution in [2.75, 3.05) is 13.2 Å². The second-order valence-electron chi connectivity index (χ2n) is 16.4. The van der Waals surface area contributed by atoms with Crippen LogP contribution in [0.25, 0.3) is 6.08 Å². The minimum atomic E-state index is 0.739. The van der Waals surface area contributed by atoms with Crippen molar-refractivity contribution < 1.29 is 9.47 Å². The summed E-state index contributed by atoms with van der Waals surface area (Å²) in [5.41, 5.74) is 3.56. The average molecular weight is 775 g/mol. The zero-order valence-corrected chi connectivity index (χ0v) is 37.3. The Hall–Kier alpha value is -2.13. The molecule has 0 aliphatic rings. The van der Waals surface area contributed by atoms with Gasteiger partial charge in [-0.15, -0.1) is 0 Å². The highest BCUT2D eigenvalue weighted by Crippen LogP contribution is 2.30. The van der Waals surface area contributed by atoms with Crippen LogP contribution in [0.4, 0.5) is 0 Å². The summed E-state index contributed by atoms with van der Waals surface area (Å²) in [6.45, 7) is 8.31. The van der Waals surface area contributed by atoms with Crippen molar-refractivity contribution in [3.05, 3.63) is 65.2 Å². The first kappa shape index (κ1) is 49.0. The third-order valence-corrected chi connectivity index (χ3v) is 11.6. The lowest BCUT2D eigenvalue weighted by atomic mass is 10.0. The molecule has 0 unspecified atom stereocenters. The molecule has 0 saturated carbocycles. The summed E-state index contributed by atoms with van der Waals surface area (Å²) in [5.74, 6) is 1.74. The Morgan fingerprint density at radius 2 is 0.818 bits per heavy atom. The molecule has 0 fully saturated rings. The summed E-state index contributed by atoms with van der Waals surface area (Å²) in [6, 6.07) is 15.1. The zero-order valence-electron chi connectivity index (χ0n) is 36.5. The summed E-state index contributed by atoms with van der Waals surface area (Å²) < 4.78 is 12.7. The number of hydrogen-bond acceptors (Lipinski definition) is 3. The molecule has 0 heterocycles. The van der Waals surface area contributed by atoms with Crippen LogP contribution in [0.1, 0.15) is 237 Å². The molecule has 0 amide bonds. The lowest BCUT2D eigenvalue weighted by Crippen LogP contribution is -2.03. The van der Waals surface area contributed by atoms with Crippen molar-refractivity contribution in [3.8, 4) is 11.5 Å². The Labute approximate surface area is 347 Å². The number of thiocarbonyl (C=S) groups is 1. The van der Waals surface area contributed by atoms with Crippen LogP contribution in [0.5, 0.6) is 11.5 Å². The minimum Gasteiger partial charge on any atom is -0.490 e. The molecule has 0 N–H and O–H groups in total. The molecule has 2 aromatic carbocycles. The predicted octanol–water partition coefficient (Wildman–Crippen LogP) is 17.6. The second kappa shape index (κ2) is 36.2. The van der Waals surface area contributed by atoms with Gasteiger partial charge in [-0.05, 0) is 54.2 Å². The van der Waals surface area contributed by atoms with Gasteiger partial charge < -0.3 is 9.47 Å². The predicted molar refractivity (Wildman–Crippen MR) is 248 cm³/mol. The molecule has 2 nitrogen and oxygen atoms in total. The van der Waals surface area contributed by atoms with Crippen LogP contribution in [0.3, 0.4) is 0 Å². The van der Waals surface area contributed by atoms with E-state index >= 15 is 0 Å². The minimum absolute atomic E-state index is 0.739. The van der Waals surface area contributed by atoms with E-state index in [-0.39, 0.29) is 0 Å². The van der Waals surface area contributed by atoms with Gasteiger partial charge in [0.05, 0.1) is 13.2 Å². The van der Waals surface area contributed by atoms with E-state index in [1.54, 1.807) is 0 Å². The zero-order chi connectivity index (χ0) is 39.3. The summed E-state index contributed by atoms with van der Waals surface area (Å²) in [6.07, 6.45) is 47.6. The van der Waals surface area contributed by atoms with Crippen molar-refractivity contribution in [1.82, 2.24) is 0 Å². The van der Waals surface area contributed by atoms with Gasteiger partial charge in [0.25, 0.3) is 0 Å². The largest absolute Gasteiger partial charge is 0.490 e. The van der Waals surface area contributed by atoms with Crippen LogP contribution in [-0.4, -0.2) is 18.1 Å². The molecule has 0 spiro atoms. The molecule has 0 atom stereocenters. The van der Waals surface area contributed by atoms with E-state index in [2.05, 4.69) is 69.3 Å². The Morgan fingerprint density at radius 1 is 0.436 bits per heavy atom. The van der Waals surface area contributed by atoms with Crippen molar-refractivity contribution in [1.29, 1.82) is 0 Å². The number of aryl methyl sites for hydroxylation is 1. The van der Waals surface area contributed by atoms with Gasteiger partial charge in [-0.3, -0.25) is 0 Å². The first-order valence-corrected chi connectivity index (χ1v) is 24.3. The van der Waals surface area contributed by atoms with Crippen molar-refractivity contribution in [2.24, 2.45) is 0 Å². The van der Waals surface area contributed by atoms with Gasteiger partial charge >= 0.3 is 0 Å². The quantitative estimate of drug-likeness (QED) is 0.0292. The van der Waals surface area contributed by atoms with E-state index in [0.29, 0.717) is 0 Å². The number of benzene rings is 2. The second-order valence-corrected chi connectivity index (χ2v) is 16.9. The monoisotopic (exact) mass is 775 g/mol. The first-order valence-electron chi connectivity index (χ1n) is 23.9. The number of ether oxygens (including phenoxy) is 2. The standard InChI is InChI=1S/C52H86O2S/c1-4-7-9-11-13-15-17-19-21-23-25-27-29-31-33-44-53-50-42-38-48(39-43-52(55)49-40-36-47(35-6-3)37-41-49)46-51(50)54-45-34-32-30-28-26-24-22-20-18-16-14-12-10-8-5-2/h36-43,46H,4-35,44-45H2,1-3H3. The topological polar surface area (TPSA) is 18.5 Å². The highest BCUT2D eigenvalue weighted by atomic mass is 32.1. The summed E-state index contributed by atoms with van der Waals surface area (Å²) in [5, 5.41) is 0. The van der Waals surface area contributed by atoms with Crippen molar-refractivity contribution in [2.45, 2.75) is 226 Å². The van der Waals surface area contributed by atoms with Crippen LogP contribution in [-0.2, 0) is 6.42 Å². The van der Waals surface area contributed by atoms with Crippen molar-refractivity contribution in [3.63, 3.8) is 0 Å². The Kier molecular flexibility index (Phi) is 32.3. The molecule has 2 rings (SSSR count). The SMILES string of the molecule is CCCCCCCCCCCCCCCCCOc1ccc(C=CC(=S)c2ccc(CCC)cc2)cc1OCCCCCCCCCCCCCCCCC. The summed E-state index contributed by atoms with van der Waals surface area (Å²) >= 11 is 5.77. The van der Waals surface area contributed by atoms with Crippen LogP contribution < -0.4 is 9.47 Å². The van der Waals surface area contributed by atoms with Crippen LogP contribution in [0.2, 0.25) is 0 Å². The first-order chi connectivity index (χ1) is 27.2. The molecule has 0 saturated heterocycles. The molecule has 3 heteroatoms. The number of allylic oxidation sites excluding steroid dienone is 1. The van der Waals surface area contributed by atoms with Crippen molar-refractivity contribution >= 4 is 23.2 Å². The van der Waals surface area contributed by atoms with Gasteiger partial charge in [0.15, 0.2) is 11.5 Å². The fourth-order valence-corrected chi connectivity index (χ4v) is 7.77. The van der Waals surface area contributed by atoms with Gasteiger partial charge in [-0.2, -0.15) is 0 Å². The molecule has 0 aliphatic heterocycles. The van der Waals surface area contributed by atoms with Gasteiger partial charge in [-0.25, -0.2) is 0 Å². The van der Waals surface area contributed by atoms with Gasteiger partial charge in [0.2, 0.25) is 0 Å². The molecule has 0 bridgehead atoms. The van der Waals surface area contributed by atoms with Gasteiger partial charge in [0, 0.05) is 4.86 Å². The Bertz CT molecular complexity index is 1180. The van der Waals surface area contributed by atoms with E-state index in [9.17, 15) is 0 Å². The molecule has 312 valence electrons. The van der Waals surface area contributed by atoms with Crippen LogP contribution in [0, 0.1) is 0 Å². The van der Waals surface area contributed by atoms with Gasteiger partial charge in [-0.1, -0.05) is 256 Å². The van der Waals surface area contributed by atoms with Crippen LogP contribution >= 0.6 is 12.2 Å². The lowest BCUT2D eigenvalue weighted by molar-refractivity contribution is 0.258. The maximum Gasteiger partial charge on any atom is 0.161 e. The smallest absolute Gasteiger partial charge is 0.161 e. The van der Waals surface area contributed by atoms with Crippen LogP contribution in [0.15, 0.2) is 48.5 Å². The van der Waals surface area contributed by atoms with E-state index in [1.807, 2.05) is 6.08 Å². The summed E-state index contributed by atoms with van der Waals surface area (Å²) in [7, 11) is 0. The maximum absolute atomic E-state index is 6.41. The molecule has 55 heavy (non-hydrogen) atoms. The maximum atomic E-state index is 6.41. The van der Waals surface area contributed by atoms with E-state index < -0.39 is 0 Å². The van der Waals surface area contributed by atoms with E-state index in [1.165, 1.54) is 185 Å². The normalized spacial score (nSPS) is 11.5. The fourth-order valence-electron chi connectivity index (χ4n) is 7.56. The number of hydrogen-bond donors (Lipinski definition) is 0. The van der Waals surface area contributed by atoms with Gasteiger partial charge in [0.1, 0.15) is 0 Å². The lowest BCUT2D eigenvalue weighted by Gasteiger charge is -2.14. The molecule has 0 aliphatic carbocycles. The number of rotatable bonds is 39. The Morgan fingerprint density at radius 3 is 1.22 bits per heavy atom.